The van der Waals surface area contributed by atoms with Gasteiger partial charge in [0.2, 0.25) is 0 Å². The Morgan fingerprint density at radius 2 is 2.29 bits per heavy atom. The van der Waals surface area contributed by atoms with Gasteiger partial charge in [-0.2, -0.15) is 0 Å². The highest BCUT2D eigenvalue weighted by Crippen LogP contribution is 2.30. The summed E-state index contributed by atoms with van der Waals surface area (Å²) in [7, 11) is 0. The highest BCUT2D eigenvalue weighted by Gasteiger charge is 2.07. The second kappa shape index (κ2) is 3.83. The maximum atomic E-state index is 10.8. The molecule has 0 fully saturated rings. The predicted molar refractivity (Wildman–Crippen MR) is 64.6 cm³/mol. The van der Waals surface area contributed by atoms with Crippen molar-refractivity contribution in [3.05, 3.63) is 34.2 Å². The number of hydrogen-bond donors (Lipinski definition) is 0. The number of halogens is 1. The first kappa shape index (κ1) is 9.87. The zero-order valence-corrected chi connectivity index (χ0v) is 10.1. The lowest BCUT2D eigenvalue weighted by Gasteiger charge is -2.01. The van der Waals surface area contributed by atoms with Gasteiger partial charge < -0.3 is 0 Å². The summed E-state index contributed by atoms with van der Waals surface area (Å²) in [6.45, 7) is 2.05. The molecule has 0 aliphatic carbocycles. The van der Waals surface area contributed by atoms with Gasteiger partial charge >= 0.3 is 0 Å². The van der Waals surface area contributed by atoms with Crippen molar-refractivity contribution in [3.63, 3.8) is 0 Å². The fraction of sp³-hybridized carbons (Fsp3) is 0.182. The van der Waals surface area contributed by atoms with Gasteiger partial charge in [-0.3, -0.25) is 4.79 Å². The van der Waals surface area contributed by atoms with E-state index in [1.54, 1.807) is 11.3 Å². The van der Waals surface area contributed by atoms with Crippen LogP contribution in [0.5, 0.6) is 0 Å². The van der Waals surface area contributed by atoms with E-state index in [0.717, 1.165) is 22.6 Å². The molecule has 1 aromatic carbocycles. The number of aldehydes is 1. The Labute approximate surface area is 94.9 Å². The Bertz CT molecular complexity index is 487. The minimum absolute atomic E-state index is 0.802. The first-order valence-electron chi connectivity index (χ1n) is 4.28. The Morgan fingerprint density at radius 1 is 1.50 bits per heavy atom. The molecule has 2 rings (SSSR count). The van der Waals surface area contributed by atoms with Crippen molar-refractivity contribution >= 4 is 43.6 Å². The molecule has 2 aromatic rings. The van der Waals surface area contributed by atoms with E-state index >= 15 is 0 Å². The highest BCUT2D eigenvalue weighted by atomic mass is 79.9. The molecule has 0 saturated carbocycles. The topological polar surface area (TPSA) is 17.1 Å². The Balaban J connectivity index is 2.83. The molecule has 0 amide bonds. The number of alkyl halides is 1. The van der Waals surface area contributed by atoms with Crippen molar-refractivity contribution in [2.24, 2.45) is 0 Å². The van der Waals surface area contributed by atoms with Crippen LogP contribution in [0, 0.1) is 6.92 Å². The number of hydrogen-bond acceptors (Lipinski definition) is 2. The van der Waals surface area contributed by atoms with E-state index in [1.165, 1.54) is 15.8 Å². The first-order valence-corrected chi connectivity index (χ1v) is 6.28. The van der Waals surface area contributed by atoms with Crippen molar-refractivity contribution in [1.82, 2.24) is 0 Å². The monoisotopic (exact) mass is 268 g/mol. The fourth-order valence-electron chi connectivity index (χ4n) is 1.58. The molecule has 0 spiro atoms. The van der Waals surface area contributed by atoms with Crippen molar-refractivity contribution in [2.45, 2.75) is 12.3 Å². The third kappa shape index (κ3) is 1.51. The Kier molecular flexibility index (Phi) is 2.70. The van der Waals surface area contributed by atoms with E-state index in [-0.39, 0.29) is 0 Å². The summed E-state index contributed by atoms with van der Waals surface area (Å²) in [6, 6.07) is 4.23. The van der Waals surface area contributed by atoms with Crippen LogP contribution in [0.2, 0.25) is 0 Å². The minimum atomic E-state index is 0.802. The highest BCUT2D eigenvalue weighted by molar-refractivity contribution is 9.08. The van der Waals surface area contributed by atoms with Gasteiger partial charge in [-0.05, 0) is 18.6 Å². The average Bonchev–Trinajstić information content (AvgIpc) is 2.59. The lowest BCUT2D eigenvalue weighted by atomic mass is 10.1. The van der Waals surface area contributed by atoms with Gasteiger partial charge in [0, 0.05) is 26.4 Å². The number of rotatable bonds is 2. The molecular weight excluding hydrogens is 260 g/mol. The largest absolute Gasteiger partial charge is 0.298 e. The van der Waals surface area contributed by atoms with Gasteiger partial charge in [-0.1, -0.05) is 27.6 Å². The van der Waals surface area contributed by atoms with Crippen LogP contribution in [0.25, 0.3) is 10.1 Å². The van der Waals surface area contributed by atoms with Crippen molar-refractivity contribution in [2.75, 3.05) is 0 Å². The molecule has 3 heteroatoms. The molecule has 0 unspecified atom stereocenters. The van der Waals surface area contributed by atoms with Gasteiger partial charge in [0.15, 0.2) is 6.29 Å². The second-order valence-corrected chi connectivity index (χ2v) is 4.68. The van der Waals surface area contributed by atoms with Crippen molar-refractivity contribution in [3.8, 4) is 0 Å². The van der Waals surface area contributed by atoms with Crippen LogP contribution in [0.4, 0.5) is 0 Å². The molecule has 0 saturated heterocycles. The summed E-state index contributed by atoms with van der Waals surface area (Å²) < 4.78 is 1.22. The number of carbonyl (C=O) groups excluding carboxylic acids is 1. The van der Waals surface area contributed by atoms with Gasteiger partial charge in [-0.15, -0.1) is 11.3 Å². The first-order chi connectivity index (χ1) is 6.76. The summed E-state index contributed by atoms with van der Waals surface area (Å²) in [5.41, 5.74) is 3.27. The number of fused-ring (bicyclic) bond motifs is 1. The molecule has 0 atom stereocenters. The second-order valence-electron chi connectivity index (χ2n) is 3.24. The smallest absolute Gasteiger partial charge is 0.151 e. The summed E-state index contributed by atoms with van der Waals surface area (Å²) in [4.78, 5) is 10.8. The third-order valence-corrected chi connectivity index (χ3v) is 3.89. The number of carbonyl (C=O) groups is 1. The van der Waals surface area contributed by atoms with Crippen LogP contribution in [-0.4, -0.2) is 6.29 Å². The summed E-state index contributed by atoms with van der Waals surface area (Å²) in [5, 5.41) is 3.84. The molecule has 72 valence electrons. The number of benzene rings is 1. The van der Waals surface area contributed by atoms with Crippen LogP contribution >= 0.6 is 27.3 Å². The average molecular weight is 269 g/mol. The van der Waals surface area contributed by atoms with Crippen molar-refractivity contribution < 1.29 is 4.79 Å². The molecule has 0 aliphatic heterocycles. The van der Waals surface area contributed by atoms with Crippen LogP contribution in [-0.2, 0) is 5.33 Å². The molecule has 1 nitrogen and oxygen atoms in total. The van der Waals surface area contributed by atoms with Crippen LogP contribution in [0.3, 0.4) is 0 Å². The van der Waals surface area contributed by atoms with E-state index in [0.29, 0.717) is 0 Å². The normalized spacial score (nSPS) is 10.7. The number of thiophene rings is 1. The maximum Gasteiger partial charge on any atom is 0.151 e. The zero-order valence-electron chi connectivity index (χ0n) is 7.71. The van der Waals surface area contributed by atoms with E-state index in [2.05, 4.69) is 35.0 Å². The van der Waals surface area contributed by atoms with Crippen LogP contribution in [0.1, 0.15) is 21.5 Å². The molecular formula is C11H9BrOS. The molecule has 0 N–H and O–H groups in total. The van der Waals surface area contributed by atoms with E-state index in [9.17, 15) is 4.79 Å². The van der Waals surface area contributed by atoms with Crippen LogP contribution in [0.15, 0.2) is 17.5 Å². The lowest BCUT2D eigenvalue weighted by molar-refractivity contribution is 0.112. The molecule has 0 bridgehead atoms. The van der Waals surface area contributed by atoms with E-state index in [1.807, 2.05) is 5.38 Å². The third-order valence-electron chi connectivity index (χ3n) is 2.20. The van der Waals surface area contributed by atoms with Gasteiger partial charge in [0.05, 0.1) is 0 Å². The predicted octanol–water partition coefficient (Wildman–Crippen LogP) is 3.92. The summed E-state index contributed by atoms with van der Waals surface area (Å²) in [5.74, 6) is 0. The standard InChI is InChI=1S/C11H9BrOS/c1-7-2-8(4-12)11-10(3-7)9(5-13)6-14-11/h2-3,5-6H,4H2,1H3. The fourth-order valence-corrected chi connectivity index (χ4v) is 3.22. The Hall–Kier alpha value is -0.670. The van der Waals surface area contributed by atoms with E-state index < -0.39 is 0 Å². The van der Waals surface area contributed by atoms with Gasteiger partial charge in [0.1, 0.15) is 0 Å². The zero-order chi connectivity index (χ0) is 10.1. The molecule has 1 heterocycles. The number of aryl methyl sites for hydroxylation is 1. The molecule has 14 heavy (non-hydrogen) atoms. The quantitative estimate of drug-likeness (QED) is 0.596. The maximum absolute atomic E-state index is 10.8. The van der Waals surface area contributed by atoms with Crippen LogP contribution < -0.4 is 0 Å². The van der Waals surface area contributed by atoms with Gasteiger partial charge in [-0.25, -0.2) is 0 Å². The summed E-state index contributed by atoms with van der Waals surface area (Å²) >= 11 is 5.10. The van der Waals surface area contributed by atoms with Crippen molar-refractivity contribution in [1.29, 1.82) is 0 Å². The molecule has 0 aliphatic rings. The lowest BCUT2D eigenvalue weighted by Crippen LogP contribution is -1.82. The van der Waals surface area contributed by atoms with Gasteiger partial charge in [0.25, 0.3) is 0 Å². The summed E-state index contributed by atoms with van der Waals surface area (Å²) in [6.07, 6.45) is 0.927. The minimum Gasteiger partial charge on any atom is -0.298 e. The SMILES string of the molecule is Cc1cc(CBr)c2scc(C=O)c2c1. The van der Waals surface area contributed by atoms with E-state index in [4.69, 9.17) is 0 Å². The molecule has 1 aromatic heterocycles. The molecule has 0 radical (unpaired) electrons. The Morgan fingerprint density at radius 3 is 2.93 bits per heavy atom.